The average molecular weight is 239 g/mol. The molecular formula is C11H11ClN2O2. The molecule has 5 heteroatoms. The van der Waals surface area contributed by atoms with Gasteiger partial charge in [0.05, 0.1) is 5.69 Å². The SMILES string of the molecule is CNC(=O)Nc1ccc(Cl)cc1C#CCO. The molecule has 1 rings (SSSR count). The third-order valence-electron chi connectivity index (χ3n) is 1.76. The molecule has 1 aromatic carbocycles. The molecule has 0 saturated heterocycles. The summed E-state index contributed by atoms with van der Waals surface area (Å²) in [5.41, 5.74) is 1.11. The number of carbonyl (C=O) groups is 1. The van der Waals surface area contributed by atoms with E-state index in [1.54, 1.807) is 18.2 Å². The van der Waals surface area contributed by atoms with E-state index in [0.29, 0.717) is 16.3 Å². The number of hydrogen-bond donors (Lipinski definition) is 3. The molecule has 0 atom stereocenters. The van der Waals surface area contributed by atoms with E-state index in [1.165, 1.54) is 7.05 Å². The number of rotatable bonds is 1. The molecule has 0 aliphatic carbocycles. The van der Waals surface area contributed by atoms with E-state index in [1.807, 2.05) is 0 Å². The van der Waals surface area contributed by atoms with Gasteiger partial charge in [-0.15, -0.1) is 0 Å². The standard InChI is InChI=1S/C11H11ClN2O2/c1-13-11(16)14-10-5-4-9(12)7-8(10)3-2-6-15/h4-5,7,15H,6H2,1H3,(H2,13,14,16). The van der Waals surface area contributed by atoms with E-state index < -0.39 is 0 Å². The minimum absolute atomic E-state index is 0.244. The number of hydrogen-bond acceptors (Lipinski definition) is 2. The summed E-state index contributed by atoms with van der Waals surface area (Å²) in [6.07, 6.45) is 0. The summed E-state index contributed by atoms with van der Waals surface area (Å²) in [5.74, 6) is 5.20. The second-order valence-electron chi connectivity index (χ2n) is 2.85. The van der Waals surface area contributed by atoms with Gasteiger partial charge in [0, 0.05) is 17.6 Å². The Labute approximate surface area is 98.6 Å². The van der Waals surface area contributed by atoms with Gasteiger partial charge in [0.2, 0.25) is 0 Å². The van der Waals surface area contributed by atoms with E-state index in [2.05, 4.69) is 22.5 Å². The van der Waals surface area contributed by atoms with Crippen LogP contribution in [0, 0.1) is 11.8 Å². The lowest BCUT2D eigenvalue weighted by Crippen LogP contribution is -2.24. The molecule has 0 unspecified atom stereocenters. The van der Waals surface area contributed by atoms with Crippen molar-refractivity contribution in [1.29, 1.82) is 0 Å². The van der Waals surface area contributed by atoms with Gasteiger partial charge in [-0.05, 0) is 18.2 Å². The molecule has 84 valence electrons. The fourth-order valence-electron chi connectivity index (χ4n) is 1.05. The van der Waals surface area contributed by atoms with Crippen molar-refractivity contribution < 1.29 is 9.90 Å². The summed E-state index contributed by atoms with van der Waals surface area (Å²) in [7, 11) is 1.52. The topological polar surface area (TPSA) is 61.4 Å². The molecule has 2 amide bonds. The first kappa shape index (κ1) is 12.4. The summed E-state index contributed by atoms with van der Waals surface area (Å²) in [6, 6.07) is 4.58. The van der Waals surface area contributed by atoms with Gasteiger partial charge in [0.1, 0.15) is 6.61 Å². The fraction of sp³-hybridized carbons (Fsp3) is 0.182. The van der Waals surface area contributed by atoms with Crippen LogP contribution in [0.5, 0.6) is 0 Å². The van der Waals surface area contributed by atoms with Gasteiger partial charge < -0.3 is 15.7 Å². The number of urea groups is 1. The fourth-order valence-corrected chi connectivity index (χ4v) is 1.22. The first-order valence-electron chi connectivity index (χ1n) is 4.55. The molecule has 0 bridgehead atoms. The second kappa shape index (κ2) is 6.01. The van der Waals surface area contributed by atoms with Crippen LogP contribution in [0.25, 0.3) is 0 Å². The van der Waals surface area contributed by atoms with Gasteiger partial charge in [-0.25, -0.2) is 4.79 Å². The van der Waals surface area contributed by atoms with Crippen molar-refractivity contribution in [3.05, 3.63) is 28.8 Å². The molecule has 16 heavy (non-hydrogen) atoms. The number of amides is 2. The van der Waals surface area contributed by atoms with Crippen LogP contribution in [0.1, 0.15) is 5.56 Å². The molecule has 0 aromatic heterocycles. The highest BCUT2D eigenvalue weighted by molar-refractivity contribution is 6.30. The number of aliphatic hydroxyl groups excluding tert-OH is 1. The number of nitrogens with one attached hydrogen (secondary N) is 2. The molecule has 0 heterocycles. The third-order valence-corrected chi connectivity index (χ3v) is 1.99. The zero-order valence-corrected chi connectivity index (χ0v) is 9.43. The number of carbonyl (C=O) groups excluding carboxylic acids is 1. The molecule has 0 spiro atoms. The molecule has 3 N–H and O–H groups in total. The number of halogens is 1. The Kier molecular flexibility index (Phi) is 4.65. The zero-order valence-electron chi connectivity index (χ0n) is 8.67. The van der Waals surface area contributed by atoms with E-state index in [0.717, 1.165) is 0 Å². The van der Waals surface area contributed by atoms with Gasteiger partial charge in [0.25, 0.3) is 0 Å². The maximum absolute atomic E-state index is 11.1. The molecule has 0 fully saturated rings. The average Bonchev–Trinajstić information content (AvgIpc) is 2.29. The van der Waals surface area contributed by atoms with Crippen LogP contribution in [0.15, 0.2) is 18.2 Å². The Balaban J connectivity index is 3.02. The quantitative estimate of drug-likeness (QED) is 0.649. The van der Waals surface area contributed by atoms with Crippen LogP contribution in [0.4, 0.5) is 10.5 Å². The largest absolute Gasteiger partial charge is 0.384 e. The minimum atomic E-state index is -0.339. The summed E-state index contributed by atoms with van der Waals surface area (Å²) in [6.45, 7) is -0.244. The molecular weight excluding hydrogens is 228 g/mol. The predicted octanol–water partition coefficient (Wildman–Crippen LogP) is 1.44. The van der Waals surface area contributed by atoms with E-state index in [4.69, 9.17) is 16.7 Å². The molecule has 0 radical (unpaired) electrons. The summed E-state index contributed by atoms with van der Waals surface area (Å²) < 4.78 is 0. The van der Waals surface area contributed by atoms with E-state index >= 15 is 0 Å². The monoisotopic (exact) mass is 238 g/mol. The van der Waals surface area contributed by atoms with Crippen LogP contribution < -0.4 is 10.6 Å². The van der Waals surface area contributed by atoms with Crippen LogP contribution in [0.3, 0.4) is 0 Å². The van der Waals surface area contributed by atoms with Crippen molar-refractivity contribution in [3.63, 3.8) is 0 Å². The Bertz CT molecular complexity index is 449. The highest BCUT2D eigenvalue weighted by Gasteiger charge is 2.04. The van der Waals surface area contributed by atoms with Crippen LogP contribution in [-0.2, 0) is 0 Å². The summed E-state index contributed by atoms with van der Waals surface area (Å²) in [4.78, 5) is 11.1. The van der Waals surface area contributed by atoms with Crippen LogP contribution >= 0.6 is 11.6 Å². The molecule has 0 saturated carbocycles. The van der Waals surface area contributed by atoms with Crippen molar-refractivity contribution in [3.8, 4) is 11.8 Å². The van der Waals surface area contributed by atoms with E-state index in [9.17, 15) is 4.79 Å². The summed E-state index contributed by atoms with van der Waals surface area (Å²) in [5, 5.41) is 14.2. The van der Waals surface area contributed by atoms with E-state index in [-0.39, 0.29) is 12.6 Å². The minimum Gasteiger partial charge on any atom is -0.384 e. The van der Waals surface area contributed by atoms with Gasteiger partial charge in [-0.2, -0.15) is 0 Å². The predicted molar refractivity (Wildman–Crippen MR) is 63.5 cm³/mol. The Morgan fingerprint density at radius 2 is 2.31 bits per heavy atom. The molecule has 1 aromatic rings. The van der Waals surface area contributed by atoms with Crippen LogP contribution in [0.2, 0.25) is 5.02 Å². The highest BCUT2D eigenvalue weighted by atomic mass is 35.5. The van der Waals surface area contributed by atoms with Crippen molar-refractivity contribution in [2.45, 2.75) is 0 Å². The molecule has 0 aliphatic rings. The number of benzene rings is 1. The lowest BCUT2D eigenvalue weighted by Gasteiger charge is -2.06. The highest BCUT2D eigenvalue weighted by Crippen LogP contribution is 2.19. The maximum atomic E-state index is 11.1. The maximum Gasteiger partial charge on any atom is 0.319 e. The Morgan fingerprint density at radius 1 is 1.56 bits per heavy atom. The number of anilines is 1. The Morgan fingerprint density at radius 3 is 2.94 bits per heavy atom. The molecule has 4 nitrogen and oxygen atoms in total. The Hall–Kier alpha value is -1.70. The van der Waals surface area contributed by atoms with Gasteiger partial charge >= 0.3 is 6.03 Å². The summed E-state index contributed by atoms with van der Waals surface area (Å²) >= 11 is 5.81. The third kappa shape index (κ3) is 3.46. The molecule has 0 aliphatic heterocycles. The van der Waals surface area contributed by atoms with Crippen molar-refractivity contribution in [2.24, 2.45) is 0 Å². The first-order valence-corrected chi connectivity index (χ1v) is 4.93. The van der Waals surface area contributed by atoms with Gasteiger partial charge in [0.15, 0.2) is 0 Å². The van der Waals surface area contributed by atoms with Crippen molar-refractivity contribution in [1.82, 2.24) is 5.32 Å². The lowest BCUT2D eigenvalue weighted by molar-refractivity contribution is 0.254. The van der Waals surface area contributed by atoms with Gasteiger partial charge in [-0.1, -0.05) is 23.4 Å². The van der Waals surface area contributed by atoms with Crippen LogP contribution in [-0.4, -0.2) is 24.8 Å². The zero-order chi connectivity index (χ0) is 12.0. The normalized spacial score (nSPS) is 8.94. The van der Waals surface area contributed by atoms with Gasteiger partial charge in [-0.3, -0.25) is 0 Å². The number of aliphatic hydroxyl groups is 1. The van der Waals surface area contributed by atoms with Crippen molar-refractivity contribution >= 4 is 23.3 Å². The van der Waals surface area contributed by atoms with Crippen molar-refractivity contribution in [2.75, 3.05) is 19.0 Å². The lowest BCUT2D eigenvalue weighted by atomic mass is 10.2. The smallest absolute Gasteiger partial charge is 0.319 e. The second-order valence-corrected chi connectivity index (χ2v) is 3.29. The first-order chi connectivity index (χ1) is 7.67.